The molecule has 0 aliphatic rings. The van der Waals surface area contributed by atoms with Gasteiger partial charge in [-0.1, -0.05) is 0 Å². The zero-order valence-electron chi connectivity index (χ0n) is 6.54. The molecule has 0 spiro atoms. The molecule has 0 N–H and O–H groups in total. The van der Waals surface area contributed by atoms with Gasteiger partial charge in [0, 0.05) is 0 Å². The number of hydrogen-bond acceptors (Lipinski definition) is 3. The Bertz CT molecular complexity index is 160. The summed E-state index contributed by atoms with van der Waals surface area (Å²) in [4.78, 5) is 10.3. The van der Waals surface area contributed by atoms with E-state index in [0.717, 1.165) is 6.92 Å². The van der Waals surface area contributed by atoms with Crippen LogP contribution >= 0.6 is 8.03 Å². The van der Waals surface area contributed by atoms with Gasteiger partial charge in [-0.2, -0.15) is 0 Å². The first-order valence-electron chi connectivity index (χ1n) is 3.30. The molecule has 2 unspecified atom stereocenters. The molecule has 5 heteroatoms. The molecule has 0 fully saturated rings. The van der Waals surface area contributed by atoms with Crippen molar-refractivity contribution < 1.29 is 18.3 Å². The summed E-state index contributed by atoms with van der Waals surface area (Å²) in [5.41, 5.74) is 0. The third-order valence-corrected chi connectivity index (χ3v) is 2.19. The lowest BCUT2D eigenvalue weighted by molar-refractivity contribution is -0.120. The molecule has 0 rings (SSSR count). The minimum Gasteiger partial charge on any atom is -0.297 e. The van der Waals surface area contributed by atoms with Crippen molar-refractivity contribution in [2.24, 2.45) is 0 Å². The van der Waals surface area contributed by atoms with Gasteiger partial charge >= 0.3 is 8.03 Å². The van der Waals surface area contributed by atoms with Crippen molar-refractivity contribution in [3.05, 3.63) is 0 Å². The second-order valence-corrected chi connectivity index (χ2v) is 3.30. The number of hydrogen-bond donors (Lipinski definition) is 0. The van der Waals surface area contributed by atoms with Crippen LogP contribution in [0.5, 0.6) is 0 Å². The molecule has 0 amide bonds. The Morgan fingerprint density at radius 2 is 2.27 bits per heavy atom. The highest BCUT2D eigenvalue weighted by atomic mass is 31.1. The summed E-state index contributed by atoms with van der Waals surface area (Å²) in [6.07, 6.45) is -1.97. The Morgan fingerprint density at radius 1 is 1.73 bits per heavy atom. The number of Topliss-reactive ketones (excluding diaryl/α,β-unsaturated/α-hetero) is 1. The molecule has 2 atom stereocenters. The fourth-order valence-corrected chi connectivity index (χ4v) is 1.37. The van der Waals surface area contributed by atoms with Gasteiger partial charge in [0.25, 0.3) is 0 Å². The van der Waals surface area contributed by atoms with Crippen molar-refractivity contribution in [2.75, 3.05) is 12.8 Å². The van der Waals surface area contributed by atoms with E-state index in [9.17, 15) is 13.8 Å². The van der Waals surface area contributed by atoms with Crippen LogP contribution < -0.4 is 0 Å². The van der Waals surface area contributed by atoms with E-state index in [0.29, 0.717) is 0 Å². The lowest BCUT2D eigenvalue weighted by atomic mass is 10.3. The SMILES string of the molecule is CCO[P+](=O)CC(F)C(C)=O. The first-order valence-corrected chi connectivity index (χ1v) is 4.66. The van der Waals surface area contributed by atoms with Gasteiger partial charge in [0.2, 0.25) is 12.3 Å². The third-order valence-electron chi connectivity index (χ3n) is 1.02. The second-order valence-electron chi connectivity index (χ2n) is 2.01. The van der Waals surface area contributed by atoms with Crippen molar-refractivity contribution in [3.63, 3.8) is 0 Å². The van der Waals surface area contributed by atoms with E-state index in [2.05, 4.69) is 4.52 Å². The first kappa shape index (κ1) is 10.7. The maximum absolute atomic E-state index is 12.5. The lowest BCUT2D eigenvalue weighted by Gasteiger charge is -1.92. The number of carbonyl (C=O) groups is 1. The largest absolute Gasteiger partial charge is 0.511 e. The van der Waals surface area contributed by atoms with Crippen LogP contribution in [0, 0.1) is 0 Å². The number of alkyl halides is 1. The summed E-state index contributed by atoms with van der Waals surface area (Å²) in [7, 11) is -2.00. The fourth-order valence-electron chi connectivity index (χ4n) is 0.456. The average Bonchev–Trinajstić information content (AvgIpc) is 1.87. The van der Waals surface area contributed by atoms with E-state index in [4.69, 9.17) is 0 Å². The number of carbonyl (C=O) groups excluding carboxylic acids is 1. The Morgan fingerprint density at radius 3 is 2.64 bits per heavy atom. The number of rotatable bonds is 5. The van der Waals surface area contributed by atoms with Crippen LogP contribution in [0.25, 0.3) is 0 Å². The van der Waals surface area contributed by atoms with Crippen molar-refractivity contribution in [1.29, 1.82) is 0 Å². The Balaban J connectivity index is 3.66. The molecule has 0 radical (unpaired) electrons. The molecule has 0 aromatic carbocycles. The summed E-state index contributed by atoms with van der Waals surface area (Å²) in [5, 5.41) is 0. The van der Waals surface area contributed by atoms with E-state index in [1.807, 2.05) is 0 Å². The first-order chi connectivity index (χ1) is 5.07. The Kier molecular flexibility index (Phi) is 5.16. The van der Waals surface area contributed by atoms with E-state index >= 15 is 0 Å². The molecule has 0 aliphatic carbocycles. The molecular formula is C6H11FO3P+. The van der Waals surface area contributed by atoms with Crippen LogP contribution in [-0.4, -0.2) is 24.7 Å². The minimum absolute atomic E-state index is 0.278. The van der Waals surface area contributed by atoms with Crippen LogP contribution in [0.2, 0.25) is 0 Å². The normalized spacial score (nSPS) is 14.3. The van der Waals surface area contributed by atoms with Crippen molar-refractivity contribution in [2.45, 2.75) is 20.0 Å². The predicted octanol–water partition coefficient (Wildman–Crippen LogP) is 1.69. The van der Waals surface area contributed by atoms with Gasteiger partial charge in [-0.15, -0.1) is 4.52 Å². The van der Waals surface area contributed by atoms with E-state index < -0.39 is 20.0 Å². The molecule has 11 heavy (non-hydrogen) atoms. The minimum atomic E-state index is -2.00. The van der Waals surface area contributed by atoms with Crippen molar-refractivity contribution >= 4 is 13.8 Å². The van der Waals surface area contributed by atoms with Gasteiger partial charge in [0.05, 0.1) is 6.61 Å². The van der Waals surface area contributed by atoms with Gasteiger partial charge in [-0.25, -0.2) is 4.39 Å². The molecule has 0 aromatic heterocycles. The highest BCUT2D eigenvalue weighted by Crippen LogP contribution is 2.23. The Labute approximate surface area is 65.8 Å². The smallest absolute Gasteiger partial charge is 0.297 e. The van der Waals surface area contributed by atoms with Gasteiger partial charge in [-0.3, -0.25) is 4.79 Å². The fraction of sp³-hybridized carbons (Fsp3) is 0.833. The van der Waals surface area contributed by atoms with Gasteiger partial charge < -0.3 is 0 Å². The zero-order valence-corrected chi connectivity index (χ0v) is 7.44. The van der Waals surface area contributed by atoms with Crippen molar-refractivity contribution in [3.8, 4) is 0 Å². The highest BCUT2D eigenvalue weighted by molar-refractivity contribution is 7.39. The molecule has 0 saturated heterocycles. The molecule has 64 valence electrons. The van der Waals surface area contributed by atoms with Crippen LogP contribution in [0.15, 0.2) is 0 Å². The highest BCUT2D eigenvalue weighted by Gasteiger charge is 2.27. The summed E-state index contributed by atoms with van der Waals surface area (Å²) < 4.78 is 27.8. The summed E-state index contributed by atoms with van der Waals surface area (Å²) in [6.45, 7) is 3.06. The second kappa shape index (κ2) is 5.33. The van der Waals surface area contributed by atoms with E-state index in [1.165, 1.54) is 0 Å². The molecule has 3 nitrogen and oxygen atoms in total. The van der Waals surface area contributed by atoms with E-state index in [1.54, 1.807) is 6.92 Å². The molecule has 0 bridgehead atoms. The monoisotopic (exact) mass is 181 g/mol. The van der Waals surface area contributed by atoms with Crippen LogP contribution in [0.3, 0.4) is 0 Å². The summed E-state index contributed by atoms with van der Waals surface area (Å²) >= 11 is 0. The summed E-state index contributed by atoms with van der Waals surface area (Å²) in [5.74, 6) is -0.604. The van der Waals surface area contributed by atoms with Gasteiger partial charge in [-0.05, 0) is 18.4 Å². The number of halogens is 1. The molecule has 0 aromatic rings. The molecule has 0 saturated carbocycles. The van der Waals surface area contributed by atoms with Gasteiger partial charge in [0.1, 0.15) is 0 Å². The average molecular weight is 181 g/mol. The molecular weight excluding hydrogens is 170 g/mol. The standard InChI is InChI=1S/C6H11FO3P/c1-3-10-11(9)4-6(7)5(2)8/h6H,3-4H2,1-2H3/q+1. The van der Waals surface area contributed by atoms with E-state index in [-0.39, 0.29) is 12.8 Å². The quantitative estimate of drug-likeness (QED) is 0.606. The maximum Gasteiger partial charge on any atom is 0.511 e. The topological polar surface area (TPSA) is 43.4 Å². The zero-order chi connectivity index (χ0) is 8.85. The van der Waals surface area contributed by atoms with Crippen LogP contribution in [0.1, 0.15) is 13.8 Å². The third kappa shape index (κ3) is 4.99. The van der Waals surface area contributed by atoms with Gasteiger partial charge in [0.15, 0.2) is 5.78 Å². The van der Waals surface area contributed by atoms with Crippen LogP contribution in [0.4, 0.5) is 4.39 Å². The predicted molar refractivity (Wildman–Crippen MR) is 39.7 cm³/mol. The van der Waals surface area contributed by atoms with Crippen LogP contribution in [-0.2, 0) is 13.9 Å². The molecule has 0 heterocycles. The maximum atomic E-state index is 12.5. The Hall–Kier alpha value is -0.340. The number of ketones is 1. The summed E-state index contributed by atoms with van der Waals surface area (Å²) in [6, 6.07) is 0. The lowest BCUT2D eigenvalue weighted by Crippen LogP contribution is -2.14. The van der Waals surface area contributed by atoms with Crippen molar-refractivity contribution in [1.82, 2.24) is 0 Å². The molecule has 0 aliphatic heterocycles.